The van der Waals surface area contributed by atoms with Crippen LogP contribution in [0.2, 0.25) is 0 Å². The van der Waals surface area contributed by atoms with Crippen molar-refractivity contribution in [1.29, 1.82) is 5.26 Å². The summed E-state index contributed by atoms with van der Waals surface area (Å²) in [6, 6.07) is 12.8. The van der Waals surface area contributed by atoms with Gasteiger partial charge in [-0.1, -0.05) is 12.1 Å². The molecule has 0 N–H and O–H groups in total. The van der Waals surface area contributed by atoms with E-state index in [1.165, 1.54) is 29.3 Å². The second-order valence-electron chi connectivity index (χ2n) is 4.56. The normalized spacial score (nSPS) is 10.1. The standard InChI is InChI=1S/C16H14FN3O2S/c17-13-6-1-2-7-14(13)19(10-5-9-18)15(21)12-23-16-8-3-4-11-20(16)22/h1-4,6-8,11H,5,10,12H2. The van der Waals surface area contributed by atoms with Crippen molar-refractivity contribution in [2.45, 2.75) is 11.4 Å². The number of pyridine rings is 1. The van der Waals surface area contributed by atoms with E-state index in [4.69, 9.17) is 5.26 Å². The number of aromatic nitrogens is 1. The molecule has 2 rings (SSSR count). The minimum atomic E-state index is -0.526. The lowest BCUT2D eigenvalue weighted by molar-refractivity contribution is -0.645. The zero-order valence-corrected chi connectivity index (χ0v) is 13.0. The first-order valence-corrected chi connectivity index (χ1v) is 7.85. The molecule has 0 unspecified atom stereocenters. The number of para-hydroxylation sites is 1. The number of thioether (sulfide) groups is 1. The van der Waals surface area contributed by atoms with E-state index < -0.39 is 5.82 Å². The summed E-state index contributed by atoms with van der Waals surface area (Å²) in [4.78, 5) is 13.6. The monoisotopic (exact) mass is 331 g/mol. The molecule has 0 radical (unpaired) electrons. The van der Waals surface area contributed by atoms with E-state index in [0.717, 1.165) is 11.8 Å². The Kier molecular flexibility index (Phi) is 5.94. The summed E-state index contributed by atoms with van der Waals surface area (Å²) in [5.74, 6) is -0.909. The van der Waals surface area contributed by atoms with Crippen molar-refractivity contribution in [1.82, 2.24) is 0 Å². The predicted molar refractivity (Wildman–Crippen MR) is 85.1 cm³/mol. The molecule has 5 nitrogen and oxygen atoms in total. The first kappa shape index (κ1) is 16.8. The molecular formula is C16H14FN3O2S. The Morgan fingerprint density at radius 3 is 2.74 bits per heavy atom. The number of hydrogen-bond acceptors (Lipinski definition) is 4. The number of nitriles is 1. The van der Waals surface area contributed by atoms with Crippen LogP contribution in [0.5, 0.6) is 0 Å². The van der Waals surface area contributed by atoms with E-state index in [1.807, 2.05) is 6.07 Å². The second kappa shape index (κ2) is 8.15. The molecule has 1 amide bonds. The molecule has 0 aliphatic heterocycles. The highest BCUT2D eigenvalue weighted by molar-refractivity contribution is 7.99. The van der Waals surface area contributed by atoms with Crippen molar-refractivity contribution in [2.24, 2.45) is 0 Å². The molecule has 0 saturated heterocycles. The van der Waals surface area contributed by atoms with Crippen LogP contribution >= 0.6 is 11.8 Å². The van der Waals surface area contributed by atoms with Gasteiger partial charge in [0.05, 0.1) is 23.9 Å². The van der Waals surface area contributed by atoms with Crippen molar-refractivity contribution in [3.8, 4) is 6.07 Å². The van der Waals surface area contributed by atoms with Gasteiger partial charge in [0.25, 0.3) is 5.03 Å². The number of nitrogens with zero attached hydrogens (tertiary/aromatic N) is 3. The number of anilines is 1. The van der Waals surface area contributed by atoms with Crippen LogP contribution in [0.1, 0.15) is 6.42 Å². The Hall–Kier alpha value is -2.59. The first-order chi connectivity index (χ1) is 11.1. The van der Waals surface area contributed by atoms with Gasteiger partial charge in [0.15, 0.2) is 6.20 Å². The number of carbonyl (C=O) groups is 1. The summed E-state index contributed by atoms with van der Waals surface area (Å²) in [7, 11) is 0. The summed E-state index contributed by atoms with van der Waals surface area (Å²) in [6.07, 6.45) is 1.44. The lowest BCUT2D eigenvalue weighted by Gasteiger charge is -2.22. The molecule has 0 bridgehead atoms. The highest BCUT2D eigenvalue weighted by Gasteiger charge is 2.20. The summed E-state index contributed by atoms with van der Waals surface area (Å²) < 4.78 is 14.6. The molecule has 23 heavy (non-hydrogen) atoms. The zero-order valence-electron chi connectivity index (χ0n) is 12.2. The first-order valence-electron chi connectivity index (χ1n) is 6.86. The van der Waals surface area contributed by atoms with E-state index in [9.17, 15) is 14.4 Å². The third kappa shape index (κ3) is 4.44. The summed E-state index contributed by atoms with van der Waals surface area (Å²) >= 11 is 1.07. The maximum absolute atomic E-state index is 13.9. The van der Waals surface area contributed by atoms with Crippen LogP contribution in [0.3, 0.4) is 0 Å². The molecule has 0 saturated carbocycles. The third-order valence-electron chi connectivity index (χ3n) is 3.02. The molecule has 1 aromatic carbocycles. The Balaban J connectivity index is 2.13. The topological polar surface area (TPSA) is 71.0 Å². The van der Waals surface area contributed by atoms with Gasteiger partial charge < -0.3 is 10.1 Å². The van der Waals surface area contributed by atoms with Crippen LogP contribution in [-0.4, -0.2) is 18.2 Å². The summed E-state index contributed by atoms with van der Waals surface area (Å²) in [6.45, 7) is 0.100. The van der Waals surface area contributed by atoms with Crippen LogP contribution in [0, 0.1) is 22.4 Å². The van der Waals surface area contributed by atoms with Gasteiger partial charge in [-0.2, -0.15) is 9.99 Å². The smallest absolute Gasteiger partial charge is 0.251 e. The Morgan fingerprint density at radius 1 is 1.30 bits per heavy atom. The van der Waals surface area contributed by atoms with Gasteiger partial charge in [-0.25, -0.2) is 4.39 Å². The largest absolute Gasteiger partial charge is 0.618 e. The average molecular weight is 331 g/mol. The molecule has 0 aliphatic carbocycles. The van der Waals surface area contributed by atoms with Crippen LogP contribution in [-0.2, 0) is 4.79 Å². The van der Waals surface area contributed by atoms with Crippen LogP contribution in [0.15, 0.2) is 53.7 Å². The van der Waals surface area contributed by atoms with Gasteiger partial charge in [-0.3, -0.25) is 4.79 Å². The highest BCUT2D eigenvalue weighted by Crippen LogP contribution is 2.21. The second-order valence-corrected chi connectivity index (χ2v) is 5.55. The van der Waals surface area contributed by atoms with Gasteiger partial charge >= 0.3 is 0 Å². The van der Waals surface area contributed by atoms with E-state index in [2.05, 4.69) is 0 Å². The Morgan fingerprint density at radius 2 is 2.04 bits per heavy atom. The minimum Gasteiger partial charge on any atom is -0.618 e. The predicted octanol–water partition coefficient (Wildman–Crippen LogP) is 2.50. The van der Waals surface area contributed by atoms with Gasteiger partial charge in [-0.15, -0.1) is 0 Å². The van der Waals surface area contributed by atoms with E-state index in [1.54, 1.807) is 24.3 Å². The van der Waals surface area contributed by atoms with Crippen molar-refractivity contribution >= 4 is 23.4 Å². The SMILES string of the molecule is N#CCCN(C(=O)CSc1cccc[n+]1[O-])c1ccccc1F. The quantitative estimate of drug-likeness (QED) is 0.463. The van der Waals surface area contributed by atoms with Crippen molar-refractivity contribution < 1.29 is 13.9 Å². The number of halogens is 1. The van der Waals surface area contributed by atoms with E-state index in [-0.39, 0.29) is 30.3 Å². The number of rotatable bonds is 6. The molecule has 0 aliphatic rings. The summed E-state index contributed by atoms with van der Waals surface area (Å²) in [5, 5.41) is 20.7. The Bertz CT molecular complexity index is 733. The molecule has 7 heteroatoms. The summed E-state index contributed by atoms with van der Waals surface area (Å²) in [5.41, 5.74) is 0.136. The minimum absolute atomic E-state index is 0.0218. The number of carbonyl (C=O) groups excluding carboxylic acids is 1. The number of benzene rings is 1. The fourth-order valence-corrected chi connectivity index (χ4v) is 2.74. The van der Waals surface area contributed by atoms with Crippen LogP contribution in [0.4, 0.5) is 10.1 Å². The lowest BCUT2D eigenvalue weighted by Crippen LogP contribution is -2.35. The molecule has 1 aromatic heterocycles. The molecule has 118 valence electrons. The molecule has 2 aromatic rings. The zero-order chi connectivity index (χ0) is 16.7. The molecule has 0 fully saturated rings. The lowest BCUT2D eigenvalue weighted by atomic mass is 10.2. The molecule has 0 atom stereocenters. The molecular weight excluding hydrogens is 317 g/mol. The van der Waals surface area contributed by atoms with E-state index >= 15 is 0 Å². The third-order valence-corrected chi connectivity index (χ3v) is 4.03. The maximum atomic E-state index is 13.9. The maximum Gasteiger partial charge on any atom is 0.251 e. The highest BCUT2D eigenvalue weighted by atomic mass is 32.2. The van der Waals surface area contributed by atoms with Gasteiger partial charge in [0, 0.05) is 18.7 Å². The number of amides is 1. The van der Waals surface area contributed by atoms with Gasteiger partial charge in [0.2, 0.25) is 5.91 Å². The Labute approximate surface area is 137 Å². The van der Waals surface area contributed by atoms with E-state index in [0.29, 0.717) is 9.76 Å². The van der Waals surface area contributed by atoms with Crippen molar-refractivity contribution in [3.63, 3.8) is 0 Å². The van der Waals surface area contributed by atoms with Crippen LogP contribution < -0.4 is 9.63 Å². The van der Waals surface area contributed by atoms with Crippen LogP contribution in [0.25, 0.3) is 0 Å². The van der Waals surface area contributed by atoms with Crippen molar-refractivity contribution in [3.05, 3.63) is 59.7 Å². The number of hydrogen-bond donors (Lipinski definition) is 0. The fraction of sp³-hybridized carbons (Fsp3) is 0.188. The van der Waals surface area contributed by atoms with Crippen molar-refractivity contribution in [2.75, 3.05) is 17.2 Å². The average Bonchev–Trinajstić information content (AvgIpc) is 2.56. The van der Waals surface area contributed by atoms with Gasteiger partial charge in [0.1, 0.15) is 5.82 Å². The molecule has 0 spiro atoms. The molecule has 1 heterocycles. The fourth-order valence-electron chi connectivity index (χ4n) is 1.95. The van der Waals surface area contributed by atoms with Gasteiger partial charge in [-0.05, 0) is 30.0 Å².